The summed E-state index contributed by atoms with van der Waals surface area (Å²) in [6.45, 7) is 1.74. The highest BCUT2D eigenvalue weighted by Gasteiger charge is 2.13. The Morgan fingerprint density at radius 1 is 1.78 bits per heavy atom. The van der Waals surface area contributed by atoms with Gasteiger partial charge in [-0.1, -0.05) is 4.98 Å². The Labute approximate surface area is 101 Å². The zero-order chi connectivity index (χ0) is 13.5. The van der Waals surface area contributed by atoms with Crippen molar-refractivity contribution in [3.63, 3.8) is 0 Å². The minimum absolute atomic E-state index is 0.147. The van der Waals surface area contributed by atoms with Gasteiger partial charge < -0.3 is 10.1 Å². The Balaban J connectivity index is 2.55. The fourth-order valence-corrected chi connectivity index (χ4v) is 0.984. The molecule has 10 heteroatoms. The minimum atomic E-state index is -0.711. The maximum absolute atomic E-state index is 10.9. The predicted octanol–water partition coefficient (Wildman–Crippen LogP) is -0.408. The number of hydrogen-bond acceptors (Lipinski definition) is 7. The van der Waals surface area contributed by atoms with Crippen molar-refractivity contribution in [1.82, 2.24) is 20.2 Å². The van der Waals surface area contributed by atoms with Crippen LogP contribution in [0.4, 0.5) is 5.95 Å². The van der Waals surface area contributed by atoms with E-state index in [0.29, 0.717) is 5.71 Å². The number of nitriles is 1. The van der Waals surface area contributed by atoms with Gasteiger partial charge >= 0.3 is 5.95 Å². The Morgan fingerprint density at radius 3 is 3.06 bits per heavy atom. The molecule has 1 N–H and O–H groups in total. The van der Waals surface area contributed by atoms with Gasteiger partial charge in [-0.05, 0) is 11.8 Å². The monoisotopic (exact) mass is 251 g/mol. The van der Waals surface area contributed by atoms with Gasteiger partial charge in [-0.2, -0.15) is 15.0 Å². The molecule has 1 amide bonds. The molecule has 0 saturated heterocycles. The van der Waals surface area contributed by atoms with Crippen LogP contribution in [0.25, 0.3) is 0 Å². The highest BCUT2D eigenvalue weighted by Crippen LogP contribution is 1.99. The molecule has 1 aromatic rings. The van der Waals surface area contributed by atoms with E-state index in [1.807, 2.05) is 0 Å². The molecule has 0 atom stereocenters. The molecule has 94 valence electrons. The number of hydrazone groups is 1. The van der Waals surface area contributed by atoms with Crippen molar-refractivity contribution >= 4 is 17.6 Å². The van der Waals surface area contributed by atoms with Crippen molar-refractivity contribution < 1.29 is 9.72 Å². The standard InChI is InChI=1S/C8H9N7O3/c1-6(11-12-7(16)2-3-9)4-14-5-10-8(13-14)15(17)18/h5H,2,4H2,1H3,(H,12,16)/b11-6+. The summed E-state index contributed by atoms with van der Waals surface area (Å²) in [7, 11) is 0. The molecular weight excluding hydrogens is 242 g/mol. The zero-order valence-electron chi connectivity index (χ0n) is 9.40. The van der Waals surface area contributed by atoms with E-state index in [1.54, 1.807) is 13.0 Å². The largest absolute Gasteiger partial charge is 0.490 e. The van der Waals surface area contributed by atoms with Gasteiger partial charge in [0.2, 0.25) is 6.33 Å². The molecule has 0 aromatic carbocycles. The van der Waals surface area contributed by atoms with Crippen LogP contribution in [0.5, 0.6) is 0 Å². The van der Waals surface area contributed by atoms with Gasteiger partial charge in [0.25, 0.3) is 5.91 Å². The fourth-order valence-electron chi connectivity index (χ4n) is 0.984. The molecule has 0 saturated carbocycles. The van der Waals surface area contributed by atoms with E-state index in [4.69, 9.17) is 5.26 Å². The van der Waals surface area contributed by atoms with E-state index in [1.165, 1.54) is 11.0 Å². The predicted molar refractivity (Wildman–Crippen MR) is 58.2 cm³/mol. The Bertz CT molecular complexity index is 527. The smallest absolute Gasteiger partial charge is 0.390 e. The summed E-state index contributed by atoms with van der Waals surface area (Å²) >= 11 is 0. The van der Waals surface area contributed by atoms with Crippen LogP contribution in [0.1, 0.15) is 13.3 Å². The third-order valence-electron chi connectivity index (χ3n) is 1.69. The number of carbonyl (C=O) groups is 1. The van der Waals surface area contributed by atoms with Crippen LogP contribution in [0.15, 0.2) is 11.4 Å². The fraction of sp³-hybridized carbons (Fsp3) is 0.375. The summed E-state index contributed by atoms with van der Waals surface area (Å²) in [4.78, 5) is 24.0. The Morgan fingerprint density at radius 2 is 2.50 bits per heavy atom. The lowest BCUT2D eigenvalue weighted by molar-refractivity contribution is -0.394. The number of rotatable bonds is 5. The maximum Gasteiger partial charge on any atom is 0.490 e. The van der Waals surface area contributed by atoms with Crippen molar-refractivity contribution in [1.29, 1.82) is 5.26 Å². The van der Waals surface area contributed by atoms with Crippen LogP contribution >= 0.6 is 0 Å². The molecule has 0 unspecified atom stereocenters. The molecule has 10 nitrogen and oxygen atoms in total. The lowest BCUT2D eigenvalue weighted by Gasteiger charge is -1.98. The molecule has 0 aliphatic rings. The molecule has 0 bridgehead atoms. The minimum Gasteiger partial charge on any atom is -0.390 e. The maximum atomic E-state index is 10.9. The summed E-state index contributed by atoms with van der Waals surface area (Å²) in [6, 6.07) is 1.67. The highest BCUT2D eigenvalue weighted by atomic mass is 16.6. The van der Waals surface area contributed by atoms with Gasteiger partial charge in [0.15, 0.2) is 0 Å². The second kappa shape index (κ2) is 6.04. The quantitative estimate of drug-likeness (QED) is 0.428. The molecule has 1 rings (SSSR count). The van der Waals surface area contributed by atoms with Crippen molar-refractivity contribution in [2.45, 2.75) is 19.9 Å². The number of nitrogens with one attached hydrogen (secondary N) is 1. The number of nitrogens with zero attached hydrogens (tertiary/aromatic N) is 6. The molecule has 0 aliphatic heterocycles. The third-order valence-corrected chi connectivity index (χ3v) is 1.69. The van der Waals surface area contributed by atoms with Gasteiger partial charge in [-0.25, -0.2) is 5.43 Å². The van der Waals surface area contributed by atoms with Crippen LogP contribution in [0.3, 0.4) is 0 Å². The molecule has 0 aliphatic carbocycles. The second-order valence-corrected chi connectivity index (χ2v) is 3.22. The van der Waals surface area contributed by atoms with E-state index in [0.717, 1.165) is 0 Å². The van der Waals surface area contributed by atoms with Gasteiger partial charge in [0, 0.05) is 5.10 Å². The average molecular weight is 251 g/mol. The number of carbonyl (C=O) groups excluding carboxylic acids is 1. The van der Waals surface area contributed by atoms with Gasteiger partial charge in [0.1, 0.15) is 6.42 Å². The molecule has 0 fully saturated rings. The van der Waals surface area contributed by atoms with Crippen molar-refractivity contribution in [3.8, 4) is 6.07 Å². The number of aromatic nitrogens is 3. The van der Waals surface area contributed by atoms with Crippen LogP contribution in [0, 0.1) is 21.4 Å². The van der Waals surface area contributed by atoms with Crippen LogP contribution in [-0.4, -0.2) is 31.3 Å². The Hall–Kier alpha value is -2.83. The molecule has 1 aromatic heterocycles. The van der Waals surface area contributed by atoms with Crippen molar-refractivity contribution in [3.05, 3.63) is 16.4 Å². The molecule has 0 radical (unpaired) electrons. The average Bonchev–Trinajstić information content (AvgIpc) is 2.75. The van der Waals surface area contributed by atoms with Crippen LogP contribution < -0.4 is 5.43 Å². The normalized spacial score (nSPS) is 10.8. The number of nitro groups is 1. The summed E-state index contributed by atoms with van der Waals surface area (Å²) in [5.74, 6) is -1.03. The summed E-state index contributed by atoms with van der Waals surface area (Å²) in [5.41, 5.74) is 2.62. The Kier molecular flexibility index (Phi) is 4.44. The van der Waals surface area contributed by atoms with E-state index in [2.05, 4.69) is 20.6 Å². The van der Waals surface area contributed by atoms with Crippen LogP contribution in [0.2, 0.25) is 0 Å². The first kappa shape index (κ1) is 13.2. The summed E-state index contributed by atoms with van der Waals surface area (Å²) in [5, 5.41) is 25.9. The first-order valence-corrected chi connectivity index (χ1v) is 4.75. The van der Waals surface area contributed by atoms with Crippen molar-refractivity contribution in [2.24, 2.45) is 5.10 Å². The summed E-state index contributed by atoms with van der Waals surface area (Å²) in [6.07, 6.45) is 0.903. The molecule has 1 heterocycles. The first-order valence-electron chi connectivity index (χ1n) is 4.75. The highest BCUT2D eigenvalue weighted by molar-refractivity contribution is 5.84. The zero-order valence-corrected chi connectivity index (χ0v) is 9.40. The number of amides is 1. The first-order chi connectivity index (χ1) is 8.52. The van der Waals surface area contributed by atoms with Crippen molar-refractivity contribution in [2.75, 3.05) is 0 Å². The number of hydrogen-bond donors (Lipinski definition) is 1. The van der Waals surface area contributed by atoms with Gasteiger partial charge in [-0.15, -0.1) is 0 Å². The topological polar surface area (TPSA) is 139 Å². The lowest BCUT2D eigenvalue weighted by Crippen LogP contribution is -2.19. The lowest BCUT2D eigenvalue weighted by atomic mass is 10.4. The molecule has 18 heavy (non-hydrogen) atoms. The van der Waals surface area contributed by atoms with Crippen LogP contribution in [-0.2, 0) is 11.3 Å². The summed E-state index contributed by atoms with van der Waals surface area (Å²) < 4.78 is 1.22. The second-order valence-electron chi connectivity index (χ2n) is 3.22. The van der Waals surface area contributed by atoms with Gasteiger partial charge in [0.05, 0.1) is 18.3 Å². The van der Waals surface area contributed by atoms with E-state index in [-0.39, 0.29) is 13.0 Å². The van der Waals surface area contributed by atoms with E-state index < -0.39 is 16.8 Å². The van der Waals surface area contributed by atoms with E-state index in [9.17, 15) is 14.9 Å². The molecular formula is C8H9N7O3. The van der Waals surface area contributed by atoms with E-state index >= 15 is 0 Å². The third kappa shape index (κ3) is 3.97. The molecule has 0 spiro atoms. The van der Waals surface area contributed by atoms with Gasteiger partial charge in [-0.3, -0.25) is 4.79 Å². The SMILES string of the molecule is C/C(Cn1cnc([N+](=O)[O-])n1)=N\NC(=O)CC#N.